The van der Waals surface area contributed by atoms with Crippen LogP contribution in [-0.4, -0.2) is 24.2 Å². The quantitative estimate of drug-likeness (QED) is 0.746. The van der Waals surface area contributed by atoms with Crippen LogP contribution in [0.1, 0.15) is 20.8 Å². The molecule has 132 valence electrons. The van der Waals surface area contributed by atoms with Crippen LogP contribution in [0, 0.1) is 6.92 Å². The Balaban J connectivity index is 1.38. The minimum Gasteiger partial charge on any atom is -0.454 e. The molecule has 0 spiro atoms. The lowest BCUT2D eigenvalue weighted by Crippen LogP contribution is -2.24. The van der Waals surface area contributed by atoms with Crippen molar-refractivity contribution in [3.63, 3.8) is 0 Å². The number of amides is 1. The molecule has 0 bridgehead atoms. The maximum atomic E-state index is 12.3. The predicted octanol–water partition coefficient (Wildman–Crippen LogP) is 3.82. The van der Waals surface area contributed by atoms with Gasteiger partial charge in [0.05, 0.1) is 6.20 Å². The van der Waals surface area contributed by atoms with Crippen LogP contribution in [0.5, 0.6) is 11.5 Å². The minimum absolute atomic E-state index is 0.0952. The highest BCUT2D eigenvalue weighted by Gasteiger charge is 2.16. The van der Waals surface area contributed by atoms with E-state index < -0.39 is 0 Å². The van der Waals surface area contributed by atoms with E-state index in [0.717, 1.165) is 22.7 Å². The summed E-state index contributed by atoms with van der Waals surface area (Å²) in [7, 11) is 0. The van der Waals surface area contributed by atoms with Gasteiger partial charge in [0.15, 0.2) is 11.5 Å². The second-order valence-corrected chi connectivity index (χ2v) is 7.12. The largest absolute Gasteiger partial charge is 0.454 e. The molecule has 26 heavy (non-hydrogen) atoms. The standard InChI is InChI=1S/C20H18N2O3S/c1-13-3-2-4-14(9-13)7-8-21-19(23)18-11-22-20(26-18)15-5-6-16-17(10-15)25-12-24-16/h2-6,9-11H,7-8,12H2,1H3,(H,21,23). The topological polar surface area (TPSA) is 60.5 Å². The lowest BCUT2D eigenvalue weighted by atomic mass is 10.1. The van der Waals surface area contributed by atoms with Gasteiger partial charge in [0.25, 0.3) is 5.91 Å². The summed E-state index contributed by atoms with van der Waals surface area (Å²) in [4.78, 5) is 17.3. The predicted molar refractivity (Wildman–Crippen MR) is 101 cm³/mol. The number of ether oxygens (including phenoxy) is 2. The lowest BCUT2D eigenvalue weighted by Gasteiger charge is -2.04. The van der Waals surface area contributed by atoms with Gasteiger partial charge in [-0.1, -0.05) is 29.8 Å². The number of carbonyl (C=O) groups excluding carboxylic acids is 1. The first kappa shape index (κ1) is 16.6. The molecule has 1 aromatic heterocycles. The molecular weight excluding hydrogens is 348 g/mol. The van der Waals surface area contributed by atoms with E-state index in [-0.39, 0.29) is 12.7 Å². The van der Waals surface area contributed by atoms with E-state index >= 15 is 0 Å². The van der Waals surface area contributed by atoms with E-state index in [1.165, 1.54) is 22.5 Å². The molecular formula is C20H18N2O3S. The number of aromatic nitrogens is 1. The SMILES string of the molecule is Cc1cccc(CCNC(=O)c2cnc(-c3ccc4c(c3)OCO4)s2)c1. The van der Waals surface area contributed by atoms with E-state index in [4.69, 9.17) is 9.47 Å². The average molecular weight is 366 g/mol. The molecule has 0 saturated heterocycles. The summed E-state index contributed by atoms with van der Waals surface area (Å²) in [6.45, 7) is 2.90. The number of nitrogens with zero attached hydrogens (tertiary/aromatic N) is 1. The maximum Gasteiger partial charge on any atom is 0.263 e. The second-order valence-electron chi connectivity index (χ2n) is 6.09. The summed E-state index contributed by atoms with van der Waals surface area (Å²) >= 11 is 1.37. The smallest absolute Gasteiger partial charge is 0.263 e. The number of hydrogen-bond donors (Lipinski definition) is 1. The maximum absolute atomic E-state index is 12.3. The Morgan fingerprint density at radius 1 is 1.19 bits per heavy atom. The summed E-state index contributed by atoms with van der Waals surface area (Å²) < 4.78 is 10.7. The molecule has 0 atom stereocenters. The van der Waals surface area contributed by atoms with Crippen molar-refractivity contribution in [3.05, 3.63) is 64.7 Å². The summed E-state index contributed by atoms with van der Waals surface area (Å²) in [6.07, 6.45) is 2.42. The Labute approximate surface area is 155 Å². The molecule has 0 aliphatic carbocycles. The number of nitrogens with one attached hydrogen (secondary N) is 1. The van der Waals surface area contributed by atoms with Crippen LogP contribution in [0.15, 0.2) is 48.7 Å². The van der Waals surface area contributed by atoms with Crippen molar-refractivity contribution in [2.24, 2.45) is 0 Å². The number of thiazole rings is 1. The number of hydrogen-bond acceptors (Lipinski definition) is 5. The molecule has 0 unspecified atom stereocenters. The molecule has 4 rings (SSSR count). The van der Waals surface area contributed by atoms with Gasteiger partial charge in [0.1, 0.15) is 9.88 Å². The third-order valence-corrected chi connectivity index (χ3v) is 5.18. The first-order valence-electron chi connectivity index (χ1n) is 8.38. The second kappa shape index (κ2) is 7.17. The van der Waals surface area contributed by atoms with Gasteiger partial charge in [-0.25, -0.2) is 4.98 Å². The van der Waals surface area contributed by atoms with E-state index in [0.29, 0.717) is 17.2 Å². The van der Waals surface area contributed by atoms with E-state index in [9.17, 15) is 4.79 Å². The van der Waals surface area contributed by atoms with Gasteiger partial charge in [-0.15, -0.1) is 11.3 Å². The van der Waals surface area contributed by atoms with Gasteiger partial charge >= 0.3 is 0 Å². The van der Waals surface area contributed by atoms with Crippen LogP contribution in [0.3, 0.4) is 0 Å². The first-order valence-corrected chi connectivity index (χ1v) is 9.20. The van der Waals surface area contributed by atoms with Crippen LogP contribution >= 0.6 is 11.3 Å². The number of fused-ring (bicyclic) bond motifs is 1. The fourth-order valence-electron chi connectivity index (χ4n) is 2.82. The molecule has 1 aliphatic heterocycles. The summed E-state index contributed by atoms with van der Waals surface area (Å²) in [5.41, 5.74) is 3.36. The highest BCUT2D eigenvalue weighted by atomic mass is 32.1. The van der Waals surface area contributed by atoms with Crippen molar-refractivity contribution in [2.45, 2.75) is 13.3 Å². The Bertz CT molecular complexity index is 952. The summed E-state index contributed by atoms with van der Waals surface area (Å²) in [5.74, 6) is 1.35. The minimum atomic E-state index is -0.0952. The number of carbonyl (C=O) groups is 1. The monoisotopic (exact) mass is 366 g/mol. The molecule has 6 heteroatoms. The molecule has 5 nitrogen and oxygen atoms in total. The lowest BCUT2D eigenvalue weighted by molar-refractivity contribution is 0.0958. The highest BCUT2D eigenvalue weighted by molar-refractivity contribution is 7.16. The Hall–Kier alpha value is -2.86. The molecule has 1 amide bonds. The Kier molecular flexibility index (Phi) is 4.58. The van der Waals surface area contributed by atoms with Gasteiger partial charge in [-0.3, -0.25) is 4.79 Å². The van der Waals surface area contributed by atoms with E-state index in [1.54, 1.807) is 6.20 Å². The van der Waals surface area contributed by atoms with Crippen LogP contribution in [0.4, 0.5) is 0 Å². The van der Waals surface area contributed by atoms with Crippen molar-refractivity contribution in [2.75, 3.05) is 13.3 Å². The van der Waals surface area contributed by atoms with Gasteiger partial charge in [-0.2, -0.15) is 0 Å². The Morgan fingerprint density at radius 2 is 2.08 bits per heavy atom. The molecule has 0 fully saturated rings. The first-order chi connectivity index (χ1) is 12.7. The molecule has 0 saturated carbocycles. The Morgan fingerprint density at radius 3 is 2.96 bits per heavy atom. The van der Waals surface area contributed by atoms with Crippen LogP contribution in [-0.2, 0) is 6.42 Å². The van der Waals surface area contributed by atoms with Crippen molar-refractivity contribution in [1.29, 1.82) is 0 Å². The number of rotatable bonds is 5. The summed E-state index contributed by atoms with van der Waals surface area (Å²) in [5, 5.41) is 3.74. The fourth-order valence-corrected chi connectivity index (χ4v) is 3.65. The zero-order chi connectivity index (χ0) is 17.9. The van der Waals surface area contributed by atoms with Crippen LogP contribution < -0.4 is 14.8 Å². The van der Waals surface area contributed by atoms with Crippen LogP contribution in [0.2, 0.25) is 0 Å². The van der Waals surface area contributed by atoms with Gasteiger partial charge in [-0.05, 0) is 37.1 Å². The molecule has 1 N–H and O–H groups in total. The van der Waals surface area contributed by atoms with Gasteiger partial charge in [0, 0.05) is 12.1 Å². The number of benzene rings is 2. The van der Waals surface area contributed by atoms with E-state index in [1.807, 2.05) is 24.3 Å². The molecule has 0 radical (unpaired) electrons. The number of aryl methyl sites for hydroxylation is 1. The van der Waals surface area contributed by atoms with Crippen molar-refractivity contribution in [1.82, 2.24) is 10.3 Å². The van der Waals surface area contributed by atoms with Crippen molar-refractivity contribution < 1.29 is 14.3 Å². The highest BCUT2D eigenvalue weighted by Crippen LogP contribution is 2.36. The molecule has 2 heterocycles. The third kappa shape index (κ3) is 3.55. The van der Waals surface area contributed by atoms with Gasteiger partial charge in [0.2, 0.25) is 6.79 Å². The zero-order valence-corrected chi connectivity index (χ0v) is 15.1. The molecule has 2 aromatic carbocycles. The van der Waals surface area contributed by atoms with Crippen LogP contribution in [0.25, 0.3) is 10.6 Å². The molecule has 3 aromatic rings. The fraction of sp³-hybridized carbons (Fsp3) is 0.200. The van der Waals surface area contributed by atoms with Crippen molar-refractivity contribution >= 4 is 17.2 Å². The van der Waals surface area contributed by atoms with E-state index in [2.05, 4.69) is 35.4 Å². The zero-order valence-electron chi connectivity index (χ0n) is 14.3. The third-order valence-electron chi connectivity index (χ3n) is 4.13. The average Bonchev–Trinajstić information content (AvgIpc) is 3.30. The normalized spacial score (nSPS) is 12.2. The van der Waals surface area contributed by atoms with Gasteiger partial charge < -0.3 is 14.8 Å². The molecule has 1 aliphatic rings. The van der Waals surface area contributed by atoms with Crippen molar-refractivity contribution in [3.8, 4) is 22.1 Å². The summed E-state index contributed by atoms with van der Waals surface area (Å²) in [6, 6.07) is 14.0.